The van der Waals surface area contributed by atoms with Gasteiger partial charge in [0.15, 0.2) is 5.82 Å². The van der Waals surface area contributed by atoms with Crippen molar-refractivity contribution in [2.45, 2.75) is 105 Å². The first kappa shape index (κ1) is 39.8. The number of rotatable bonds is 4. The van der Waals surface area contributed by atoms with Gasteiger partial charge in [-0.15, -0.1) is 0 Å². The van der Waals surface area contributed by atoms with Crippen LogP contribution >= 0.6 is 0 Å². The Balaban J connectivity index is 1.46. The Labute approximate surface area is 313 Å². The Morgan fingerprint density at radius 1 is 0.796 bits per heavy atom. The number of carbonyl (C=O) groups excluding carboxylic acids is 4. The van der Waals surface area contributed by atoms with Crippen LogP contribution in [0.5, 0.6) is 5.88 Å². The normalized spacial score (nSPS) is 15.2. The van der Waals surface area contributed by atoms with Crippen LogP contribution < -0.4 is 20.3 Å². The number of nitrogens with zero attached hydrogens (tertiary/aromatic N) is 4. The second-order valence-electron chi connectivity index (χ2n) is 16.2. The minimum Gasteiger partial charge on any atom is -0.474 e. The molecule has 1 fully saturated rings. The molecule has 0 unspecified atom stereocenters. The van der Waals surface area contributed by atoms with E-state index in [9.17, 15) is 19.2 Å². The van der Waals surface area contributed by atoms with Gasteiger partial charge in [0, 0.05) is 54.8 Å². The number of ether oxygens (including phenoxy) is 5. The molecule has 0 radical (unpaired) electrons. The number of nitrogens with one attached hydrogen (secondary N) is 2. The molecule has 0 aliphatic carbocycles. The first-order valence-corrected chi connectivity index (χ1v) is 17.8. The highest BCUT2D eigenvalue weighted by atomic mass is 19.1. The third-order valence-corrected chi connectivity index (χ3v) is 8.18. The summed E-state index contributed by atoms with van der Waals surface area (Å²) < 4.78 is 44.6. The zero-order valence-corrected chi connectivity index (χ0v) is 32.5. The van der Waals surface area contributed by atoms with E-state index in [0.29, 0.717) is 48.1 Å². The number of halogens is 1. The lowest BCUT2D eigenvalue weighted by atomic mass is 9.96. The van der Waals surface area contributed by atoms with E-state index in [1.54, 1.807) is 74.1 Å². The molecule has 5 rings (SSSR count). The molecule has 15 nitrogen and oxygen atoms in total. The average Bonchev–Trinajstić information content (AvgIpc) is 3.04. The number of likely N-dealkylation sites (tertiary alicyclic amines) is 1. The molecule has 3 aromatic rings. The maximum absolute atomic E-state index is 16.7. The summed E-state index contributed by atoms with van der Waals surface area (Å²) in [5.74, 6) is -0.519. The molecule has 2 aliphatic rings. The lowest BCUT2D eigenvalue weighted by Crippen LogP contribution is -2.44. The Morgan fingerprint density at radius 3 is 2.06 bits per heavy atom. The number of anilines is 3. The van der Waals surface area contributed by atoms with Gasteiger partial charge in [-0.05, 0) is 92.3 Å². The number of piperidine rings is 1. The maximum Gasteiger partial charge on any atom is 0.415 e. The van der Waals surface area contributed by atoms with Gasteiger partial charge in [0.05, 0.1) is 12.2 Å². The molecular weight excluding hydrogens is 703 g/mol. The molecule has 292 valence electrons. The zero-order valence-electron chi connectivity index (χ0n) is 32.5. The quantitative estimate of drug-likeness (QED) is 0.246. The van der Waals surface area contributed by atoms with Crippen LogP contribution in [-0.4, -0.2) is 88.4 Å². The number of amides is 4. The molecule has 4 amide bonds. The van der Waals surface area contributed by atoms with Crippen molar-refractivity contribution in [1.82, 2.24) is 14.9 Å². The Kier molecular flexibility index (Phi) is 11.2. The summed E-state index contributed by atoms with van der Waals surface area (Å²) >= 11 is 0. The highest BCUT2D eigenvalue weighted by Gasteiger charge is 2.33. The van der Waals surface area contributed by atoms with Crippen LogP contribution in [0.2, 0.25) is 0 Å². The van der Waals surface area contributed by atoms with Crippen molar-refractivity contribution in [3.05, 3.63) is 35.9 Å². The Bertz CT molecular complexity index is 1940. The van der Waals surface area contributed by atoms with E-state index < -0.39 is 53.1 Å². The topological polar surface area (TPSA) is 171 Å². The second-order valence-corrected chi connectivity index (χ2v) is 16.2. The van der Waals surface area contributed by atoms with Gasteiger partial charge >= 0.3 is 24.4 Å². The third kappa shape index (κ3) is 9.76. The van der Waals surface area contributed by atoms with E-state index in [0.717, 1.165) is 0 Å². The smallest absolute Gasteiger partial charge is 0.415 e. The number of pyridine rings is 2. The Hall–Kier alpha value is -5.41. The summed E-state index contributed by atoms with van der Waals surface area (Å²) in [5.41, 5.74) is -1.34. The van der Waals surface area contributed by atoms with E-state index in [2.05, 4.69) is 20.6 Å². The molecule has 0 atom stereocenters. The summed E-state index contributed by atoms with van der Waals surface area (Å²) in [6.45, 7) is 18.5. The van der Waals surface area contributed by atoms with Crippen LogP contribution in [0.3, 0.4) is 0 Å². The fraction of sp³-hybridized carbons (Fsp3) is 0.526. The number of hydrogen-bond donors (Lipinski definition) is 2. The van der Waals surface area contributed by atoms with Gasteiger partial charge in [0.25, 0.3) is 0 Å². The van der Waals surface area contributed by atoms with E-state index >= 15 is 4.39 Å². The van der Waals surface area contributed by atoms with Crippen LogP contribution in [-0.2, 0) is 18.9 Å². The van der Waals surface area contributed by atoms with Crippen LogP contribution in [0.1, 0.15) is 80.7 Å². The number of fused-ring (bicyclic) bond motifs is 2. The summed E-state index contributed by atoms with van der Waals surface area (Å²) in [6.07, 6.45) is 0.463. The van der Waals surface area contributed by atoms with Crippen molar-refractivity contribution in [1.29, 1.82) is 0 Å². The lowest BCUT2D eigenvalue weighted by molar-refractivity contribution is 0.00787. The van der Waals surface area contributed by atoms with Gasteiger partial charge in [0.1, 0.15) is 41.0 Å². The van der Waals surface area contributed by atoms with Crippen molar-refractivity contribution in [3.8, 4) is 17.0 Å². The first-order chi connectivity index (χ1) is 25.1. The van der Waals surface area contributed by atoms with Crippen LogP contribution in [0.15, 0.2) is 24.5 Å². The van der Waals surface area contributed by atoms with E-state index in [4.69, 9.17) is 23.7 Å². The molecular formula is C38H49FN6O9. The molecule has 0 bridgehead atoms. The largest absolute Gasteiger partial charge is 0.474 e. The summed E-state index contributed by atoms with van der Waals surface area (Å²) in [7, 11) is 0. The van der Waals surface area contributed by atoms with Crippen LogP contribution in [0.4, 0.5) is 40.8 Å². The molecule has 2 aromatic heterocycles. The molecule has 0 saturated carbocycles. The minimum atomic E-state index is -0.895. The van der Waals surface area contributed by atoms with Gasteiger partial charge in [-0.1, -0.05) is 0 Å². The zero-order chi connectivity index (χ0) is 39.7. The highest BCUT2D eigenvalue weighted by Crippen LogP contribution is 2.42. The molecule has 1 saturated heterocycles. The van der Waals surface area contributed by atoms with Crippen molar-refractivity contribution in [2.75, 3.05) is 41.8 Å². The van der Waals surface area contributed by atoms with Crippen LogP contribution in [0, 0.1) is 12.7 Å². The van der Waals surface area contributed by atoms with Gasteiger partial charge < -0.3 is 28.6 Å². The molecule has 2 N–H and O–H groups in total. The van der Waals surface area contributed by atoms with Crippen molar-refractivity contribution < 1.29 is 47.3 Å². The number of aromatic nitrogens is 2. The molecule has 54 heavy (non-hydrogen) atoms. The van der Waals surface area contributed by atoms with Gasteiger partial charge in [-0.25, -0.2) is 33.5 Å². The highest BCUT2D eigenvalue weighted by molar-refractivity contribution is 6.05. The molecule has 4 heterocycles. The first-order valence-electron chi connectivity index (χ1n) is 17.8. The summed E-state index contributed by atoms with van der Waals surface area (Å²) in [4.78, 5) is 63.4. The van der Waals surface area contributed by atoms with E-state index in [1.165, 1.54) is 29.4 Å². The van der Waals surface area contributed by atoms with Gasteiger partial charge in [-0.2, -0.15) is 0 Å². The van der Waals surface area contributed by atoms with Crippen LogP contribution in [0.25, 0.3) is 21.9 Å². The fourth-order valence-corrected chi connectivity index (χ4v) is 5.94. The molecule has 0 spiro atoms. The summed E-state index contributed by atoms with van der Waals surface area (Å²) in [5, 5.41) is 5.78. The molecule has 2 aliphatic heterocycles. The molecule has 16 heteroatoms. The van der Waals surface area contributed by atoms with Crippen molar-refractivity contribution in [2.24, 2.45) is 0 Å². The average molecular weight is 753 g/mol. The summed E-state index contributed by atoms with van der Waals surface area (Å²) in [6, 6.07) is 3.05. The lowest BCUT2D eigenvalue weighted by Gasteiger charge is -2.33. The standard InChI is InChI=1S/C38H49FN6O9/c1-21-25(19-41-31-30(21)45(15-16-50-31)35(49)54-38(8,9)10)24-17-22-18-27(40-20-26(22)29(28(24)39)43-33(47)52-36(2,3)4)42-32(46)51-23-11-13-44(14-12-23)34(48)53-37(5,6)7/h17-20,23H,11-16H2,1-10H3,(H,43,47)(H,40,42,46). The monoisotopic (exact) mass is 752 g/mol. The van der Waals surface area contributed by atoms with Gasteiger partial charge in [0.2, 0.25) is 5.88 Å². The SMILES string of the molecule is Cc1c(-c2cc3cc(NC(=O)OC4CCN(C(=O)OC(C)(C)C)CC4)ncc3c(NC(=O)OC(C)(C)C)c2F)cnc2c1N(C(=O)OC(C)(C)C)CCO2. The number of hydrogen-bond acceptors (Lipinski definition) is 11. The molecule has 1 aromatic carbocycles. The fourth-order valence-electron chi connectivity index (χ4n) is 5.94. The van der Waals surface area contributed by atoms with Crippen molar-refractivity contribution in [3.63, 3.8) is 0 Å². The Morgan fingerprint density at radius 2 is 1.43 bits per heavy atom. The maximum atomic E-state index is 16.7. The predicted molar refractivity (Wildman–Crippen MR) is 200 cm³/mol. The van der Waals surface area contributed by atoms with E-state index in [-0.39, 0.29) is 41.5 Å². The second kappa shape index (κ2) is 15.1. The van der Waals surface area contributed by atoms with Gasteiger partial charge in [-0.3, -0.25) is 15.5 Å². The minimum absolute atomic E-state index is 0.0348. The number of benzene rings is 1. The number of carbonyl (C=O) groups is 4. The third-order valence-electron chi connectivity index (χ3n) is 8.18. The van der Waals surface area contributed by atoms with Crippen molar-refractivity contribution >= 4 is 52.3 Å². The van der Waals surface area contributed by atoms with E-state index in [1.807, 2.05) is 0 Å². The predicted octanol–water partition coefficient (Wildman–Crippen LogP) is 8.17.